The van der Waals surface area contributed by atoms with Crippen LogP contribution in [0.4, 0.5) is 0 Å². The Morgan fingerprint density at radius 3 is 3.13 bits per heavy atom. The molecule has 1 N–H and O–H groups in total. The van der Waals surface area contributed by atoms with Crippen LogP contribution in [0.5, 0.6) is 0 Å². The van der Waals surface area contributed by atoms with Crippen LogP contribution < -0.4 is 5.32 Å². The van der Waals surface area contributed by atoms with E-state index in [0.717, 1.165) is 18.2 Å². The summed E-state index contributed by atoms with van der Waals surface area (Å²) >= 11 is 5.92. The molecule has 1 aliphatic carbocycles. The largest absolute Gasteiger partial charge is 0.307 e. The first kappa shape index (κ1) is 10.9. The van der Waals surface area contributed by atoms with Crippen LogP contribution in [-0.4, -0.2) is 26.7 Å². The Morgan fingerprint density at radius 2 is 2.47 bits per heavy atom. The maximum Gasteiger partial charge on any atom is 0.140 e. The van der Waals surface area contributed by atoms with Gasteiger partial charge in [0.15, 0.2) is 0 Å². The van der Waals surface area contributed by atoms with Crippen LogP contribution in [0.3, 0.4) is 0 Å². The molecule has 1 aliphatic rings. The van der Waals surface area contributed by atoms with E-state index < -0.39 is 0 Å². The van der Waals surface area contributed by atoms with E-state index in [2.05, 4.69) is 15.4 Å². The van der Waals surface area contributed by atoms with Crippen molar-refractivity contribution in [2.24, 2.45) is 13.0 Å². The summed E-state index contributed by atoms with van der Waals surface area (Å²) in [5.41, 5.74) is 0. The standard InChI is InChI=1S/C10H17ClN4/c1-15-10(13-7-14-15)6-12-9-4-2-3-8(9)5-11/h7-9,12H,2-6H2,1H3. The second-order valence-corrected chi connectivity index (χ2v) is 4.44. The number of aromatic nitrogens is 3. The van der Waals surface area contributed by atoms with Gasteiger partial charge in [0.25, 0.3) is 0 Å². The lowest BCUT2D eigenvalue weighted by atomic mass is 10.1. The maximum atomic E-state index is 5.92. The van der Waals surface area contributed by atoms with Crippen LogP contribution in [-0.2, 0) is 13.6 Å². The third-order valence-electron chi connectivity index (χ3n) is 3.18. The van der Waals surface area contributed by atoms with Gasteiger partial charge in [-0.15, -0.1) is 11.6 Å². The topological polar surface area (TPSA) is 42.7 Å². The monoisotopic (exact) mass is 228 g/mol. The van der Waals surface area contributed by atoms with Gasteiger partial charge in [-0.3, -0.25) is 4.68 Å². The number of rotatable bonds is 4. The highest BCUT2D eigenvalue weighted by Gasteiger charge is 2.25. The summed E-state index contributed by atoms with van der Waals surface area (Å²) in [4.78, 5) is 4.18. The minimum atomic E-state index is 0.555. The minimum Gasteiger partial charge on any atom is -0.307 e. The third-order valence-corrected chi connectivity index (χ3v) is 3.58. The molecule has 0 bridgehead atoms. The van der Waals surface area contributed by atoms with Crippen molar-refractivity contribution >= 4 is 11.6 Å². The van der Waals surface area contributed by atoms with Gasteiger partial charge in [-0.25, -0.2) is 4.98 Å². The van der Waals surface area contributed by atoms with E-state index in [9.17, 15) is 0 Å². The van der Waals surface area contributed by atoms with Gasteiger partial charge in [0.1, 0.15) is 12.2 Å². The van der Waals surface area contributed by atoms with Gasteiger partial charge in [-0.1, -0.05) is 6.42 Å². The van der Waals surface area contributed by atoms with Crippen molar-refractivity contribution in [3.63, 3.8) is 0 Å². The van der Waals surface area contributed by atoms with E-state index in [-0.39, 0.29) is 0 Å². The van der Waals surface area contributed by atoms with Crippen LogP contribution >= 0.6 is 11.6 Å². The number of halogens is 1. The molecule has 1 heterocycles. The van der Waals surface area contributed by atoms with Crippen LogP contribution in [0.2, 0.25) is 0 Å². The smallest absolute Gasteiger partial charge is 0.140 e. The first-order chi connectivity index (χ1) is 7.31. The highest BCUT2D eigenvalue weighted by molar-refractivity contribution is 6.18. The van der Waals surface area contributed by atoms with Gasteiger partial charge in [0.05, 0.1) is 6.54 Å². The molecule has 0 radical (unpaired) electrons. The van der Waals surface area contributed by atoms with E-state index >= 15 is 0 Å². The molecule has 1 aromatic rings. The second kappa shape index (κ2) is 4.94. The summed E-state index contributed by atoms with van der Waals surface area (Å²) in [6, 6.07) is 0.555. The first-order valence-electron chi connectivity index (χ1n) is 5.43. The summed E-state index contributed by atoms with van der Waals surface area (Å²) in [6.07, 6.45) is 5.35. The molecule has 2 unspecified atom stereocenters. The molecule has 84 valence electrons. The molecule has 15 heavy (non-hydrogen) atoms. The van der Waals surface area contributed by atoms with E-state index in [1.165, 1.54) is 19.3 Å². The van der Waals surface area contributed by atoms with Crippen LogP contribution in [0, 0.1) is 5.92 Å². The molecular weight excluding hydrogens is 212 g/mol. The summed E-state index contributed by atoms with van der Waals surface area (Å²) in [7, 11) is 1.91. The van der Waals surface area contributed by atoms with Gasteiger partial charge in [-0.05, 0) is 18.8 Å². The fraction of sp³-hybridized carbons (Fsp3) is 0.800. The van der Waals surface area contributed by atoms with E-state index in [1.807, 2.05) is 7.05 Å². The lowest BCUT2D eigenvalue weighted by molar-refractivity contribution is 0.420. The lowest BCUT2D eigenvalue weighted by Crippen LogP contribution is -2.33. The SMILES string of the molecule is Cn1ncnc1CNC1CCCC1CCl. The number of nitrogens with one attached hydrogen (secondary N) is 1. The Kier molecular flexibility index (Phi) is 3.59. The Hall–Kier alpha value is -0.610. The molecule has 1 aromatic heterocycles. The molecular formula is C10H17ClN4. The fourth-order valence-electron chi connectivity index (χ4n) is 2.19. The van der Waals surface area contributed by atoms with Gasteiger partial charge >= 0.3 is 0 Å². The molecule has 0 aliphatic heterocycles. The van der Waals surface area contributed by atoms with Gasteiger partial charge in [0, 0.05) is 19.0 Å². The fourth-order valence-corrected chi connectivity index (χ4v) is 2.56. The number of hydrogen-bond acceptors (Lipinski definition) is 3. The maximum absolute atomic E-state index is 5.92. The number of aryl methyl sites for hydroxylation is 1. The molecule has 2 rings (SSSR count). The van der Waals surface area contributed by atoms with E-state index in [0.29, 0.717) is 12.0 Å². The van der Waals surface area contributed by atoms with Gasteiger partial charge in [-0.2, -0.15) is 5.10 Å². The zero-order valence-corrected chi connectivity index (χ0v) is 9.74. The van der Waals surface area contributed by atoms with E-state index in [1.54, 1.807) is 11.0 Å². The molecule has 0 saturated heterocycles. The van der Waals surface area contributed by atoms with Crippen molar-refractivity contribution < 1.29 is 0 Å². The van der Waals surface area contributed by atoms with Crippen LogP contribution in [0.15, 0.2) is 6.33 Å². The van der Waals surface area contributed by atoms with Crippen LogP contribution in [0.1, 0.15) is 25.1 Å². The van der Waals surface area contributed by atoms with Crippen LogP contribution in [0.25, 0.3) is 0 Å². The quantitative estimate of drug-likeness (QED) is 0.791. The first-order valence-corrected chi connectivity index (χ1v) is 5.97. The molecule has 2 atom stereocenters. The Morgan fingerprint density at radius 1 is 1.60 bits per heavy atom. The molecule has 0 amide bonds. The van der Waals surface area contributed by atoms with Crippen molar-refractivity contribution in [2.45, 2.75) is 31.8 Å². The molecule has 1 fully saturated rings. The van der Waals surface area contributed by atoms with Crippen molar-refractivity contribution in [3.05, 3.63) is 12.2 Å². The number of nitrogens with zero attached hydrogens (tertiary/aromatic N) is 3. The summed E-state index contributed by atoms with van der Waals surface area (Å²) in [5.74, 6) is 2.37. The highest BCUT2D eigenvalue weighted by Crippen LogP contribution is 2.26. The predicted molar refractivity (Wildman–Crippen MR) is 59.7 cm³/mol. The van der Waals surface area contributed by atoms with Crippen molar-refractivity contribution in [2.75, 3.05) is 5.88 Å². The highest BCUT2D eigenvalue weighted by atomic mass is 35.5. The second-order valence-electron chi connectivity index (χ2n) is 4.13. The van der Waals surface area contributed by atoms with Crippen molar-refractivity contribution in [3.8, 4) is 0 Å². The Balaban J connectivity index is 1.85. The Labute approximate surface area is 95.0 Å². The average Bonchev–Trinajstić information content (AvgIpc) is 2.83. The minimum absolute atomic E-state index is 0.555. The summed E-state index contributed by atoms with van der Waals surface area (Å²) in [5, 5.41) is 7.56. The third kappa shape index (κ3) is 2.49. The molecule has 4 nitrogen and oxygen atoms in total. The van der Waals surface area contributed by atoms with Gasteiger partial charge < -0.3 is 5.32 Å². The zero-order chi connectivity index (χ0) is 10.7. The Bertz CT molecular complexity index is 312. The molecule has 0 aromatic carbocycles. The number of alkyl halides is 1. The van der Waals surface area contributed by atoms with Crippen molar-refractivity contribution in [1.29, 1.82) is 0 Å². The van der Waals surface area contributed by atoms with Crippen molar-refractivity contribution in [1.82, 2.24) is 20.1 Å². The van der Waals surface area contributed by atoms with Gasteiger partial charge in [0.2, 0.25) is 0 Å². The molecule has 5 heteroatoms. The summed E-state index contributed by atoms with van der Waals surface area (Å²) in [6.45, 7) is 0.786. The number of hydrogen-bond donors (Lipinski definition) is 1. The zero-order valence-electron chi connectivity index (χ0n) is 8.99. The molecule has 1 saturated carbocycles. The predicted octanol–water partition coefficient (Wildman–Crippen LogP) is 1.31. The lowest BCUT2D eigenvalue weighted by Gasteiger charge is -2.18. The normalized spacial score (nSPS) is 26.0. The average molecular weight is 229 g/mol. The molecule has 0 spiro atoms. The summed E-state index contributed by atoms with van der Waals surface area (Å²) < 4.78 is 1.80. The van der Waals surface area contributed by atoms with E-state index in [4.69, 9.17) is 11.6 Å².